The van der Waals surface area contributed by atoms with E-state index in [0.29, 0.717) is 12.6 Å². The third-order valence-electron chi connectivity index (χ3n) is 3.63. The molecule has 1 heterocycles. The number of carbonyl (C=O) groups is 1. The fourth-order valence-corrected chi connectivity index (χ4v) is 2.48. The van der Waals surface area contributed by atoms with Gasteiger partial charge < -0.3 is 15.3 Å². The van der Waals surface area contributed by atoms with Crippen molar-refractivity contribution >= 4 is 5.97 Å². The molecule has 0 aromatic rings. The minimum atomic E-state index is -0.750. The van der Waals surface area contributed by atoms with E-state index in [2.05, 4.69) is 22.2 Å². The lowest BCUT2D eigenvalue weighted by Crippen LogP contribution is -2.51. The van der Waals surface area contributed by atoms with E-state index in [4.69, 9.17) is 0 Å². The number of nitrogens with zero attached hydrogens (tertiary/aromatic N) is 2. The van der Waals surface area contributed by atoms with Crippen LogP contribution in [0.4, 0.5) is 0 Å². The quantitative estimate of drug-likeness (QED) is 0.694. The molecule has 0 aromatic heterocycles. The number of hydrogen-bond acceptors (Lipinski definition) is 4. The molecule has 0 aliphatic carbocycles. The van der Waals surface area contributed by atoms with Gasteiger partial charge in [-0.15, -0.1) is 0 Å². The molecule has 0 aromatic carbocycles. The van der Waals surface area contributed by atoms with Crippen LogP contribution in [0.2, 0.25) is 0 Å². The number of aliphatic carboxylic acids is 1. The van der Waals surface area contributed by atoms with Crippen molar-refractivity contribution in [2.75, 3.05) is 40.3 Å². The van der Waals surface area contributed by atoms with Gasteiger partial charge in [0.1, 0.15) is 6.04 Å². The molecular weight excluding hydrogens is 230 g/mol. The average molecular weight is 257 g/mol. The Kier molecular flexibility index (Phi) is 6.60. The molecule has 0 radical (unpaired) electrons. The Morgan fingerprint density at radius 1 is 1.61 bits per heavy atom. The Bertz CT molecular complexity index is 261. The van der Waals surface area contributed by atoms with Gasteiger partial charge in [-0.2, -0.15) is 0 Å². The predicted octanol–water partition coefficient (Wildman–Crippen LogP) is 0.465. The van der Waals surface area contributed by atoms with Crippen LogP contribution in [0.25, 0.3) is 0 Å². The molecule has 106 valence electrons. The standard InChI is InChI=1S/C13H27N3O2/c1-4-7-14-12(13(17)18)10-16(3)11-6-5-8-15(2)9-11/h11-12,14H,4-10H2,1-3H3,(H,17,18). The molecule has 1 saturated heterocycles. The molecule has 2 atom stereocenters. The van der Waals surface area contributed by atoms with Crippen LogP contribution in [0.15, 0.2) is 0 Å². The molecule has 2 N–H and O–H groups in total. The number of likely N-dealkylation sites (tertiary alicyclic amines) is 1. The Balaban J connectivity index is 2.44. The van der Waals surface area contributed by atoms with Gasteiger partial charge in [-0.25, -0.2) is 0 Å². The van der Waals surface area contributed by atoms with E-state index in [9.17, 15) is 9.90 Å². The molecule has 1 aliphatic rings. The van der Waals surface area contributed by atoms with E-state index in [1.54, 1.807) is 0 Å². The molecule has 0 saturated carbocycles. The van der Waals surface area contributed by atoms with Crippen molar-refractivity contribution < 1.29 is 9.90 Å². The number of carboxylic acids is 1. The zero-order valence-corrected chi connectivity index (χ0v) is 11.9. The van der Waals surface area contributed by atoms with Crippen LogP contribution >= 0.6 is 0 Å². The summed E-state index contributed by atoms with van der Waals surface area (Å²) in [7, 11) is 4.16. The van der Waals surface area contributed by atoms with Crippen LogP contribution in [-0.4, -0.2) is 73.2 Å². The summed E-state index contributed by atoms with van der Waals surface area (Å²) in [5, 5.41) is 12.3. The number of likely N-dealkylation sites (N-methyl/N-ethyl adjacent to an activating group) is 2. The first-order chi connectivity index (χ1) is 8.54. The summed E-state index contributed by atoms with van der Waals surface area (Å²) in [6, 6.07) is 0.0243. The fourth-order valence-electron chi connectivity index (χ4n) is 2.48. The summed E-state index contributed by atoms with van der Waals surface area (Å²) in [6.07, 6.45) is 3.33. The third kappa shape index (κ3) is 4.92. The first-order valence-corrected chi connectivity index (χ1v) is 6.89. The summed E-state index contributed by atoms with van der Waals surface area (Å²) in [4.78, 5) is 15.7. The van der Waals surface area contributed by atoms with Crippen molar-refractivity contribution in [1.82, 2.24) is 15.1 Å². The molecule has 1 fully saturated rings. The van der Waals surface area contributed by atoms with E-state index in [0.717, 1.165) is 26.1 Å². The maximum absolute atomic E-state index is 11.2. The molecule has 1 rings (SSSR count). The van der Waals surface area contributed by atoms with Crippen molar-refractivity contribution in [1.29, 1.82) is 0 Å². The maximum atomic E-state index is 11.2. The third-order valence-corrected chi connectivity index (χ3v) is 3.63. The van der Waals surface area contributed by atoms with E-state index >= 15 is 0 Å². The Labute approximate surface area is 110 Å². The van der Waals surface area contributed by atoms with Gasteiger partial charge in [-0.1, -0.05) is 6.92 Å². The first-order valence-electron chi connectivity index (χ1n) is 6.89. The maximum Gasteiger partial charge on any atom is 0.322 e. The summed E-state index contributed by atoms with van der Waals surface area (Å²) in [6.45, 7) is 5.58. The monoisotopic (exact) mass is 257 g/mol. The van der Waals surface area contributed by atoms with Gasteiger partial charge in [-0.05, 0) is 46.4 Å². The molecule has 5 nitrogen and oxygen atoms in total. The van der Waals surface area contributed by atoms with Crippen molar-refractivity contribution in [3.63, 3.8) is 0 Å². The molecular formula is C13H27N3O2. The number of hydrogen-bond donors (Lipinski definition) is 2. The molecule has 0 bridgehead atoms. The average Bonchev–Trinajstić information content (AvgIpc) is 2.33. The molecule has 2 unspecified atom stereocenters. The van der Waals surface area contributed by atoms with E-state index in [-0.39, 0.29) is 0 Å². The topological polar surface area (TPSA) is 55.8 Å². The highest BCUT2D eigenvalue weighted by Gasteiger charge is 2.25. The number of nitrogens with one attached hydrogen (secondary N) is 1. The van der Waals surface area contributed by atoms with Gasteiger partial charge in [0.2, 0.25) is 0 Å². The number of rotatable bonds is 7. The van der Waals surface area contributed by atoms with Gasteiger partial charge in [0.25, 0.3) is 0 Å². The largest absolute Gasteiger partial charge is 0.480 e. The Hall–Kier alpha value is -0.650. The van der Waals surface area contributed by atoms with Crippen LogP contribution in [0.3, 0.4) is 0 Å². The van der Waals surface area contributed by atoms with E-state index in [1.807, 2.05) is 14.0 Å². The summed E-state index contributed by atoms with van der Waals surface area (Å²) < 4.78 is 0. The van der Waals surface area contributed by atoms with Crippen LogP contribution < -0.4 is 5.32 Å². The lowest BCUT2D eigenvalue weighted by molar-refractivity contribution is -0.140. The zero-order chi connectivity index (χ0) is 13.5. The molecule has 0 spiro atoms. The van der Waals surface area contributed by atoms with Gasteiger partial charge in [-0.3, -0.25) is 9.69 Å². The highest BCUT2D eigenvalue weighted by Crippen LogP contribution is 2.13. The SMILES string of the molecule is CCCNC(CN(C)C1CCCN(C)C1)C(=O)O. The summed E-state index contributed by atoms with van der Waals surface area (Å²) in [5.74, 6) is -0.750. The predicted molar refractivity (Wildman–Crippen MR) is 72.9 cm³/mol. The minimum absolute atomic E-state index is 0.456. The van der Waals surface area contributed by atoms with Gasteiger partial charge in [0.15, 0.2) is 0 Å². The number of carboxylic acid groups (broad SMARTS) is 1. The Morgan fingerprint density at radius 2 is 2.33 bits per heavy atom. The lowest BCUT2D eigenvalue weighted by Gasteiger charge is -2.36. The van der Waals surface area contributed by atoms with Crippen LogP contribution in [0.1, 0.15) is 26.2 Å². The second kappa shape index (κ2) is 7.71. The van der Waals surface area contributed by atoms with Crippen molar-refractivity contribution in [3.05, 3.63) is 0 Å². The summed E-state index contributed by atoms with van der Waals surface area (Å²) in [5.41, 5.74) is 0. The zero-order valence-electron chi connectivity index (χ0n) is 11.9. The molecule has 1 aliphatic heterocycles. The smallest absolute Gasteiger partial charge is 0.322 e. The summed E-state index contributed by atoms with van der Waals surface area (Å²) >= 11 is 0. The second-order valence-electron chi connectivity index (χ2n) is 5.34. The molecule has 18 heavy (non-hydrogen) atoms. The van der Waals surface area contributed by atoms with Crippen molar-refractivity contribution in [2.24, 2.45) is 0 Å². The normalized spacial score (nSPS) is 23.2. The van der Waals surface area contributed by atoms with Crippen LogP contribution in [0.5, 0.6) is 0 Å². The Morgan fingerprint density at radius 3 is 2.89 bits per heavy atom. The second-order valence-corrected chi connectivity index (χ2v) is 5.34. The van der Waals surface area contributed by atoms with E-state index < -0.39 is 12.0 Å². The van der Waals surface area contributed by atoms with Crippen LogP contribution in [-0.2, 0) is 4.79 Å². The molecule has 5 heteroatoms. The van der Waals surface area contributed by atoms with Crippen LogP contribution in [0, 0.1) is 0 Å². The van der Waals surface area contributed by atoms with Gasteiger partial charge in [0, 0.05) is 19.1 Å². The van der Waals surface area contributed by atoms with Crippen molar-refractivity contribution in [2.45, 2.75) is 38.3 Å². The van der Waals surface area contributed by atoms with Gasteiger partial charge >= 0.3 is 5.97 Å². The minimum Gasteiger partial charge on any atom is -0.480 e. The van der Waals surface area contributed by atoms with Gasteiger partial charge in [0.05, 0.1) is 0 Å². The van der Waals surface area contributed by atoms with E-state index in [1.165, 1.54) is 12.8 Å². The highest BCUT2D eigenvalue weighted by atomic mass is 16.4. The fraction of sp³-hybridized carbons (Fsp3) is 0.923. The number of piperidine rings is 1. The highest BCUT2D eigenvalue weighted by molar-refractivity contribution is 5.73. The first kappa shape index (κ1) is 15.4. The lowest BCUT2D eigenvalue weighted by atomic mass is 10.0. The van der Waals surface area contributed by atoms with Crippen molar-refractivity contribution in [3.8, 4) is 0 Å². The molecule has 0 amide bonds.